The highest BCUT2D eigenvalue weighted by Crippen LogP contribution is 2.49. The molecule has 0 unspecified atom stereocenters. The topological polar surface area (TPSA) is 0 Å². The molecule has 0 atom stereocenters. The summed E-state index contributed by atoms with van der Waals surface area (Å²) in [5.41, 5.74) is 19.6. The van der Waals surface area contributed by atoms with E-state index in [9.17, 15) is 0 Å². The lowest BCUT2D eigenvalue weighted by atomic mass is 9.77. The Hall–Kier alpha value is -3.90. The highest BCUT2D eigenvalue weighted by atomic mass is 14.3. The quantitative estimate of drug-likeness (QED) is 0.240. The maximum absolute atomic E-state index is 2.35. The lowest BCUT2D eigenvalue weighted by molar-refractivity contribution is 1.33. The number of aryl methyl sites for hydroxylation is 5. The van der Waals surface area contributed by atoms with E-state index in [-0.39, 0.29) is 0 Å². The van der Waals surface area contributed by atoms with Crippen LogP contribution in [0.3, 0.4) is 0 Å². The highest BCUT2D eigenvalue weighted by molar-refractivity contribution is 6.02. The Bertz CT molecular complexity index is 1590. The molecule has 184 valence electrons. The van der Waals surface area contributed by atoms with Gasteiger partial charge in [0.1, 0.15) is 0 Å². The molecule has 37 heavy (non-hydrogen) atoms. The summed E-state index contributed by atoms with van der Waals surface area (Å²) in [4.78, 5) is 0. The molecule has 5 aromatic rings. The summed E-state index contributed by atoms with van der Waals surface area (Å²) in [6.07, 6.45) is 0. The number of hydrogen-bond donors (Lipinski definition) is 0. The van der Waals surface area contributed by atoms with Gasteiger partial charge in [-0.3, -0.25) is 0 Å². The highest BCUT2D eigenvalue weighted by Gasteiger charge is 2.24. The van der Waals surface area contributed by atoms with Gasteiger partial charge in [0.15, 0.2) is 0 Å². The molecule has 0 bridgehead atoms. The van der Waals surface area contributed by atoms with Crippen molar-refractivity contribution in [2.45, 2.75) is 48.5 Å². The predicted molar refractivity (Wildman–Crippen MR) is 161 cm³/mol. The second-order valence-electron chi connectivity index (χ2n) is 10.7. The van der Waals surface area contributed by atoms with E-state index >= 15 is 0 Å². The third-order valence-electron chi connectivity index (χ3n) is 7.57. The van der Waals surface area contributed by atoms with Crippen LogP contribution in [0.15, 0.2) is 91.0 Å². The van der Waals surface area contributed by atoms with Crippen molar-refractivity contribution in [2.24, 2.45) is 0 Å². The summed E-state index contributed by atoms with van der Waals surface area (Å²) in [7, 11) is 0. The number of rotatable bonds is 4. The van der Waals surface area contributed by atoms with Crippen molar-refractivity contribution in [1.82, 2.24) is 0 Å². The van der Waals surface area contributed by atoms with Gasteiger partial charge in [-0.15, -0.1) is 0 Å². The molecule has 0 aliphatic carbocycles. The molecule has 0 spiro atoms. The van der Waals surface area contributed by atoms with E-state index in [0.717, 1.165) is 0 Å². The van der Waals surface area contributed by atoms with Crippen molar-refractivity contribution in [3.63, 3.8) is 0 Å². The van der Waals surface area contributed by atoms with Crippen LogP contribution >= 0.6 is 0 Å². The summed E-state index contributed by atoms with van der Waals surface area (Å²) in [6.45, 7) is 15.6. The number of hydrogen-bond acceptors (Lipinski definition) is 0. The van der Waals surface area contributed by atoms with Crippen LogP contribution < -0.4 is 0 Å². The molecule has 0 saturated heterocycles. The molecular formula is C37H36. The molecule has 5 aromatic carbocycles. The zero-order valence-electron chi connectivity index (χ0n) is 23.2. The first-order valence-electron chi connectivity index (χ1n) is 13.2. The SMILES string of the molecule is Cc1ccc(-c2c(-c3cc(C)cc(C)c3)c(C)c(-c3cccc(C)c3)c(C)c2-c2ccccc2C)cc1. The van der Waals surface area contributed by atoms with Crippen molar-refractivity contribution in [2.75, 3.05) is 0 Å². The Morgan fingerprint density at radius 2 is 0.973 bits per heavy atom. The van der Waals surface area contributed by atoms with Crippen LogP contribution in [0.5, 0.6) is 0 Å². The standard InChI is InChI=1S/C37H36/c1-23-15-17-30(18-16-23)37-35(32-21-25(3)19-26(4)22-32)28(6)34(31-13-10-11-24(2)20-31)29(7)36(37)33-14-9-8-12-27(33)5/h8-22H,1-7H3. The van der Waals surface area contributed by atoms with Crippen molar-refractivity contribution >= 4 is 0 Å². The average molecular weight is 481 g/mol. The van der Waals surface area contributed by atoms with Crippen LogP contribution in [0, 0.1) is 48.5 Å². The second kappa shape index (κ2) is 9.87. The first-order chi connectivity index (χ1) is 17.7. The van der Waals surface area contributed by atoms with Gasteiger partial charge in [-0.25, -0.2) is 0 Å². The molecule has 0 amide bonds. The van der Waals surface area contributed by atoms with Crippen molar-refractivity contribution in [1.29, 1.82) is 0 Å². The van der Waals surface area contributed by atoms with E-state index in [1.165, 1.54) is 83.5 Å². The van der Waals surface area contributed by atoms with Crippen LogP contribution in [0.1, 0.15) is 38.9 Å². The van der Waals surface area contributed by atoms with E-state index in [1.54, 1.807) is 0 Å². The minimum atomic E-state index is 1.26. The molecule has 0 heteroatoms. The van der Waals surface area contributed by atoms with Gasteiger partial charge >= 0.3 is 0 Å². The lowest BCUT2D eigenvalue weighted by Gasteiger charge is -2.26. The van der Waals surface area contributed by atoms with Gasteiger partial charge in [0.25, 0.3) is 0 Å². The van der Waals surface area contributed by atoms with Crippen LogP contribution in [-0.4, -0.2) is 0 Å². The second-order valence-corrected chi connectivity index (χ2v) is 10.7. The fourth-order valence-corrected chi connectivity index (χ4v) is 5.94. The minimum Gasteiger partial charge on any atom is -0.0620 e. The summed E-state index contributed by atoms with van der Waals surface area (Å²) >= 11 is 0. The van der Waals surface area contributed by atoms with Crippen molar-refractivity contribution in [3.05, 3.63) is 130 Å². The van der Waals surface area contributed by atoms with Gasteiger partial charge in [-0.2, -0.15) is 0 Å². The smallest absolute Gasteiger partial charge is 0.00209 e. The van der Waals surface area contributed by atoms with E-state index in [2.05, 4.69) is 139 Å². The first-order valence-corrected chi connectivity index (χ1v) is 13.2. The molecule has 0 heterocycles. The maximum Gasteiger partial charge on any atom is -0.00209 e. The van der Waals surface area contributed by atoms with E-state index < -0.39 is 0 Å². The van der Waals surface area contributed by atoms with E-state index in [1.807, 2.05) is 0 Å². The molecule has 0 aromatic heterocycles. The normalized spacial score (nSPS) is 11.1. The Balaban J connectivity index is 2.03. The van der Waals surface area contributed by atoms with E-state index in [0.29, 0.717) is 0 Å². The molecule has 0 radical (unpaired) electrons. The summed E-state index contributed by atoms with van der Waals surface area (Å²) in [5.74, 6) is 0. The molecule has 0 saturated carbocycles. The summed E-state index contributed by atoms with van der Waals surface area (Å²) in [6, 6.07) is 33.8. The molecule has 0 aliphatic heterocycles. The average Bonchev–Trinajstić information content (AvgIpc) is 2.84. The van der Waals surface area contributed by atoms with Gasteiger partial charge in [0.05, 0.1) is 0 Å². The molecule has 0 N–H and O–H groups in total. The van der Waals surface area contributed by atoms with Gasteiger partial charge < -0.3 is 0 Å². The van der Waals surface area contributed by atoms with Crippen LogP contribution in [0.4, 0.5) is 0 Å². The van der Waals surface area contributed by atoms with Crippen molar-refractivity contribution in [3.8, 4) is 44.5 Å². The monoisotopic (exact) mass is 480 g/mol. The molecule has 5 rings (SSSR count). The Labute approximate surface area is 222 Å². The number of benzene rings is 5. The third-order valence-corrected chi connectivity index (χ3v) is 7.57. The lowest BCUT2D eigenvalue weighted by Crippen LogP contribution is -2.02. The van der Waals surface area contributed by atoms with Crippen LogP contribution in [0.25, 0.3) is 44.5 Å². The maximum atomic E-state index is 2.35. The summed E-state index contributed by atoms with van der Waals surface area (Å²) in [5, 5.41) is 0. The molecule has 0 fully saturated rings. The first kappa shape index (κ1) is 24.8. The van der Waals surface area contributed by atoms with E-state index in [4.69, 9.17) is 0 Å². The zero-order chi connectivity index (χ0) is 26.3. The minimum absolute atomic E-state index is 1.26. The van der Waals surface area contributed by atoms with Gasteiger partial charge in [-0.1, -0.05) is 113 Å². The van der Waals surface area contributed by atoms with Gasteiger partial charge in [-0.05, 0) is 110 Å². The fourth-order valence-electron chi connectivity index (χ4n) is 5.94. The van der Waals surface area contributed by atoms with Crippen LogP contribution in [0.2, 0.25) is 0 Å². The molecular weight excluding hydrogens is 444 g/mol. The Kier molecular flexibility index (Phi) is 6.61. The third kappa shape index (κ3) is 4.65. The fraction of sp³-hybridized carbons (Fsp3) is 0.189. The Morgan fingerprint density at radius 3 is 1.62 bits per heavy atom. The van der Waals surface area contributed by atoms with Crippen molar-refractivity contribution < 1.29 is 0 Å². The van der Waals surface area contributed by atoms with Gasteiger partial charge in [0.2, 0.25) is 0 Å². The van der Waals surface area contributed by atoms with Gasteiger partial charge in [0, 0.05) is 0 Å². The predicted octanol–water partition coefficient (Wildman–Crippen LogP) is 10.5. The summed E-state index contributed by atoms with van der Waals surface area (Å²) < 4.78 is 0. The van der Waals surface area contributed by atoms with Crippen LogP contribution in [-0.2, 0) is 0 Å². The molecule has 0 aliphatic rings. The zero-order valence-corrected chi connectivity index (χ0v) is 23.2. The Morgan fingerprint density at radius 1 is 0.351 bits per heavy atom. The largest absolute Gasteiger partial charge is 0.0620 e. The molecule has 0 nitrogen and oxygen atoms in total.